The van der Waals surface area contributed by atoms with Gasteiger partial charge in [0.2, 0.25) is 0 Å². The second kappa shape index (κ2) is 6.27. The molecule has 0 fully saturated rings. The maximum Gasteiger partial charge on any atom is 0.272 e. The lowest BCUT2D eigenvalue weighted by Gasteiger charge is -2.01. The summed E-state index contributed by atoms with van der Waals surface area (Å²) in [6.45, 7) is 0.288. The number of H-pyrrole nitrogens is 1. The first-order chi connectivity index (χ1) is 10.7. The third-order valence-electron chi connectivity index (χ3n) is 2.80. The lowest BCUT2D eigenvalue weighted by atomic mass is 10.3. The zero-order valence-electron chi connectivity index (χ0n) is 11.3. The molecule has 8 heteroatoms. The summed E-state index contributed by atoms with van der Waals surface area (Å²) in [6.07, 6.45) is 3.45. The molecular weight excluding hydrogens is 302 g/mol. The summed E-state index contributed by atoms with van der Waals surface area (Å²) in [6, 6.07) is 6.40. The number of pyridine rings is 1. The highest BCUT2D eigenvalue weighted by molar-refractivity contribution is 7.13. The molecule has 110 valence electrons. The van der Waals surface area contributed by atoms with Gasteiger partial charge >= 0.3 is 0 Å². The van der Waals surface area contributed by atoms with Crippen LogP contribution in [-0.4, -0.2) is 26.1 Å². The third-order valence-corrected chi connectivity index (χ3v) is 3.74. The number of amides is 1. The molecule has 3 aromatic heterocycles. The highest BCUT2D eigenvalue weighted by Gasteiger charge is 2.09. The Kier molecular flexibility index (Phi) is 4.01. The maximum atomic E-state index is 11.9. The molecule has 0 spiro atoms. The summed E-state index contributed by atoms with van der Waals surface area (Å²) in [5.41, 5.74) is 1.49. The Hall–Kier alpha value is -2.87. The van der Waals surface area contributed by atoms with E-state index in [4.69, 9.17) is 0 Å². The standard InChI is InChI=1S/C14H11N5O2S/c20-12-4-3-11(18-19-12)13(21)16-7-10-8-22-14(17-10)9-2-1-5-15-6-9/h1-6,8H,7H2,(H,16,21)(H,19,20). The molecule has 0 radical (unpaired) electrons. The monoisotopic (exact) mass is 313 g/mol. The predicted octanol–water partition coefficient (Wildman–Crippen LogP) is 1.22. The normalized spacial score (nSPS) is 10.4. The minimum absolute atomic E-state index is 0.155. The Labute approximate surface area is 129 Å². The molecule has 3 rings (SSSR count). The van der Waals surface area contributed by atoms with Gasteiger partial charge in [-0.25, -0.2) is 10.1 Å². The molecule has 0 aliphatic heterocycles. The van der Waals surface area contributed by atoms with E-state index in [2.05, 4.69) is 25.5 Å². The van der Waals surface area contributed by atoms with E-state index in [0.717, 1.165) is 16.3 Å². The maximum absolute atomic E-state index is 11.9. The van der Waals surface area contributed by atoms with Crippen LogP contribution in [0.5, 0.6) is 0 Å². The molecule has 0 aliphatic rings. The van der Waals surface area contributed by atoms with Crippen LogP contribution in [0.4, 0.5) is 0 Å². The zero-order valence-corrected chi connectivity index (χ0v) is 12.1. The van der Waals surface area contributed by atoms with Crippen molar-refractivity contribution in [3.05, 3.63) is 63.8 Å². The van der Waals surface area contributed by atoms with Crippen LogP contribution in [0.25, 0.3) is 10.6 Å². The fourth-order valence-electron chi connectivity index (χ4n) is 1.74. The minimum Gasteiger partial charge on any atom is -0.345 e. The molecule has 0 bridgehead atoms. The molecule has 7 nitrogen and oxygen atoms in total. The van der Waals surface area contributed by atoms with Crippen molar-refractivity contribution in [3.8, 4) is 10.6 Å². The second-order valence-electron chi connectivity index (χ2n) is 4.37. The number of hydrogen-bond donors (Lipinski definition) is 2. The molecule has 22 heavy (non-hydrogen) atoms. The van der Waals surface area contributed by atoms with Gasteiger partial charge in [-0.1, -0.05) is 0 Å². The fourth-order valence-corrected chi connectivity index (χ4v) is 2.55. The highest BCUT2D eigenvalue weighted by atomic mass is 32.1. The van der Waals surface area contributed by atoms with E-state index in [-0.39, 0.29) is 23.7 Å². The smallest absolute Gasteiger partial charge is 0.272 e. The van der Waals surface area contributed by atoms with Gasteiger partial charge in [-0.3, -0.25) is 14.6 Å². The van der Waals surface area contributed by atoms with Gasteiger partial charge in [0, 0.05) is 29.4 Å². The van der Waals surface area contributed by atoms with Gasteiger partial charge in [0.05, 0.1) is 12.2 Å². The Bertz CT molecular complexity index is 823. The van der Waals surface area contributed by atoms with Crippen LogP contribution in [0, 0.1) is 0 Å². The Morgan fingerprint density at radius 2 is 2.23 bits per heavy atom. The third kappa shape index (κ3) is 3.23. The first-order valence-electron chi connectivity index (χ1n) is 6.41. The lowest BCUT2D eigenvalue weighted by molar-refractivity contribution is 0.0944. The summed E-state index contributed by atoms with van der Waals surface area (Å²) in [4.78, 5) is 31.3. The number of rotatable bonds is 4. The summed E-state index contributed by atoms with van der Waals surface area (Å²) in [7, 11) is 0. The number of aromatic nitrogens is 4. The van der Waals surface area contributed by atoms with Crippen molar-refractivity contribution in [2.75, 3.05) is 0 Å². The topological polar surface area (TPSA) is 101 Å². The van der Waals surface area contributed by atoms with Gasteiger partial charge in [0.15, 0.2) is 0 Å². The fraction of sp³-hybridized carbons (Fsp3) is 0.0714. The zero-order chi connectivity index (χ0) is 15.4. The van der Waals surface area contributed by atoms with E-state index in [9.17, 15) is 9.59 Å². The quantitative estimate of drug-likeness (QED) is 0.754. The van der Waals surface area contributed by atoms with E-state index < -0.39 is 0 Å². The van der Waals surface area contributed by atoms with Gasteiger partial charge in [-0.05, 0) is 18.2 Å². The Morgan fingerprint density at radius 1 is 1.32 bits per heavy atom. The van der Waals surface area contributed by atoms with E-state index in [0.29, 0.717) is 0 Å². The molecule has 3 heterocycles. The van der Waals surface area contributed by atoms with E-state index in [1.54, 1.807) is 12.4 Å². The molecular formula is C14H11N5O2S. The van der Waals surface area contributed by atoms with Gasteiger partial charge in [0.25, 0.3) is 11.5 Å². The first kappa shape index (κ1) is 14.1. The first-order valence-corrected chi connectivity index (χ1v) is 7.29. The van der Waals surface area contributed by atoms with Crippen LogP contribution < -0.4 is 10.9 Å². The molecule has 1 amide bonds. The van der Waals surface area contributed by atoms with Crippen molar-refractivity contribution >= 4 is 17.2 Å². The van der Waals surface area contributed by atoms with Crippen LogP contribution in [0.1, 0.15) is 16.2 Å². The Morgan fingerprint density at radius 3 is 2.95 bits per heavy atom. The van der Waals surface area contributed by atoms with Crippen LogP contribution >= 0.6 is 11.3 Å². The molecule has 3 aromatic rings. The number of nitrogens with one attached hydrogen (secondary N) is 2. The minimum atomic E-state index is -0.368. The highest BCUT2D eigenvalue weighted by Crippen LogP contribution is 2.22. The Balaban J connectivity index is 1.65. The molecule has 0 saturated carbocycles. The van der Waals surface area contributed by atoms with Crippen LogP contribution in [0.3, 0.4) is 0 Å². The number of hydrogen-bond acceptors (Lipinski definition) is 6. The average Bonchev–Trinajstić information content (AvgIpc) is 3.03. The predicted molar refractivity (Wildman–Crippen MR) is 81.4 cm³/mol. The van der Waals surface area contributed by atoms with Crippen molar-refractivity contribution in [2.45, 2.75) is 6.54 Å². The number of nitrogens with zero attached hydrogens (tertiary/aromatic N) is 3. The van der Waals surface area contributed by atoms with Crippen LogP contribution in [0.15, 0.2) is 46.8 Å². The van der Waals surface area contributed by atoms with Gasteiger partial charge in [0.1, 0.15) is 10.7 Å². The molecule has 0 atom stereocenters. The van der Waals surface area contributed by atoms with Crippen molar-refractivity contribution < 1.29 is 4.79 Å². The van der Waals surface area contributed by atoms with E-state index in [1.165, 1.54) is 23.5 Å². The summed E-state index contributed by atoms with van der Waals surface area (Å²) in [5.74, 6) is -0.368. The van der Waals surface area contributed by atoms with E-state index >= 15 is 0 Å². The summed E-state index contributed by atoms with van der Waals surface area (Å²) >= 11 is 1.49. The second-order valence-corrected chi connectivity index (χ2v) is 5.23. The van der Waals surface area contributed by atoms with Gasteiger partial charge in [-0.2, -0.15) is 5.10 Å². The molecule has 0 unspecified atom stereocenters. The summed E-state index contributed by atoms with van der Waals surface area (Å²) < 4.78 is 0. The molecule has 0 aromatic carbocycles. The van der Waals surface area contributed by atoms with Crippen molar-refractivity contribution in [1.29, 1.82) is 0 Å². The van der Waals surface area contributed by atoms with Crippen molar-refractivity contribution in [3.63, 3.8) is 0 Å². The van der Waals surface area contributed by atoms with Crippen LogP contribution in [-0.2, 0) is 6.54 Å². The SMILES string of the molecule is O=C(NCc1csc(-c2cccnc2)n1)c1ccc(=O)[nH]n1. The molecule has 2 N–H and O–H groups in total. The van der Waals surface area contributed by atoms with Gasteiger partial charge in [-0.15, -0.1) is 11.3 Å². The van der Waals surface area contributed by atoms with Crippen molar-refractivity contribution in [1.82, 2.24) is 25.5 Å². The largest absolute Gasteiger partial charge is 0.345 e. The molecule has 0 saturated heterocycles. The van der Waals surface area contributed by atoms with E-state index in [1.807, 2.05) is 17.5 Å². The number of thiazole rings is 1. The number of carbonyl (C=O) groups is 1. The van der Waals surface area contributed by atoms with Crippen molar-refractivity contribution in [2.24, 2.45) is 0 Å². The van der Waals surface area contributed by atoms with Gasteiger partial charge < -0.3 is 5.32 Å². The van der Waals surface area contributed by atoms with Crippen LogP contribution in [0.2, 0.25) is 0 Å². The average molecular weight is 313 g/mol. The lowest BCUT2D eigenvalue weighted by Crippen LogP contribution is -2.25. The number of aromatic amines is 1. The summed E-state index contributed by atoms with van der Waals surface area (Å²) in [5, 5.41) is 11.3. The number of carbonyl (C=O) groups excluding carboxylic acids is 1. The molecule has 0 aliphatic carbocycles.